The highest BCUT2D eigenvalue weighted by atomic mass is 16.5. The fourth-order valence-electron chi connectivity index (χ4n) is 3.62. The zero-order chi connectivity index (χ0) is 22.4. The van der Waals surface area contributed by atoms with E-state index < -0.39 is 11.6 Å². The van der Waals surface area contributed by atoms with Crippen LogP contribution in [0.1, 0.15) is 23.6 Å². The van der Waals surface area contributed by atoms with E-state index in [1.807, 2.05) is 24.3 Å². The van der Waals surface area contributed by atoms with Gasteiger partial charge in [-0.3, -0.25) is 4.99 Å². The highest BCUT2D eigenvalue weighted by Crippen LogP contribution is 2.43. The molecule has 0 amide bonds. The normalized spacial score (nSPS) is 12.5. The third kappa shape index (κ3) is 4.20. The third-order valence-corrected chi connectivity index (χ3v) is 5.33. The van der Waals surface area contributed by atoms with Gasteiger partial charge in [0.25, 0.3) is 0 Å². The molecule has 0 aliphatic heterocycles. The van der Waals surface area contributed by atoms with E-state index in [9.17, 15) is 10.2 Å². The second kappa shape index (κ2) is 9.53. The number of methoxy groups -OCH3 is 3. The molecule has 6 heteroatoms. The summed E-state index contributed by atoms with van der Waals surface area (Å²) < 4.78 is 16.2. The van der Waals surface area contributed by atoms with Gasteiger partial charge in [-0.05, 0) is 31.2 Å². The second-order valence-corrected chi connectivity index (χ2v) is 7.02. The number of aromatic hydroxyl groups is 1. The maximum atomic E-state index is 12.1. The smallest absolute Gasteiger partial charge is 0.166 e. The Hall–Kier alpha value is -3.51. The summed E-state index contributed by atoms with van der Waals surface area (Å²) in [6.45, 7) is 1.80. The molecule has 0 radical (unpaired) electrons. The van der Waals surface area contributed by atoms with E-state index >= 15 is 0 Å². The Morgan fingerprint density at radius 3 is 1.77 bits per heavy atom. The standard InChI is InChI=1S/C25H27NO5/c1-17(26-16-18-10-9-15-23(31-4)24(18)27)25(28,19-11-5-7-13-21(19)29-2)20-12-6-8-14-22(20)30-3/h5-17,27-28H,1-4H3/t17-/m1/s1. The number of benzene rings is 3. The Labute approximate surface area is 182 Å². The summed E-state index contributed by atoms with van der Waals surface area (Å²) in [5.41, 5.74) is 0.0288. The van der Waals surface area contributed by atoms with Crippen LogP contribution in [0.5, 0.6) is 23.0 Å². The van der Waals surface area contributed by atoms with Crippen LogP contribution in [0.15, 0.2) is 71.7 Å². The van der Waals surface area contributed by atoms with Crippen molar-refractivity contribution < 1.29 is 24.4 Å². The lowest BCUT2D eigenvalue weighted by Gasteiger charge is -2.35. The Kier molecular flexibility index (Phi) is 6.82. The van der Waals surface area contributed by atoms with Crippen molar-refractivity contribution in [2.45, 2.75) is 18.6 Å². The number of rotatable bonds is 8. The van der Waals surface area contributed by atoms with Crippen LogP contribution in [0, 0.1) is 0 Å². The van der Waals surface area contributed by atoms with E-state index in [4.69, 9.17) is 14.2 Å². The number of para-hydroxylation sites is 3. The first-order chi connectivity index (χ1) is 15.0. The van der Waals surface area contributed by atoms with E-state index in [1.54, 1.807) is 63.6 Å². The van der Waals surface area contributed by atoms with Crippen LogP contribution in [-0.4, -0.2) is 43.8 Å². The lowest BCUT2D eigenvalue weighted by atomic mass is 9.80. The van der Waals surface area contributed by atoms with Gasteiger partial charge in [0.05, 0.1) is 27.4 Å². The monoisotopic (exact) mass is 421 g/mol. The van der Waals surface area contributed by atoms with Gasteiger partial charge in [0.15, 0.2) is 11.5 Å². The van der Waals surface area contributed by atoms with Gasteiger partial charge >= 0.3 is 0 Å². The van der Waals surface area contributed by atoms with Gasteiger partial charge in [-0.2, -0.15) is 0 Å². The summed E-state index contributed by atoms with van der Waals surface area (Å²) in [5.74, 6) is 1.39. The lowest BCUT2D eigenvalue weighted by Crippen LogP contribution is -2.38. The molecule has 0 saturated carbocycles. The van der Waals surface area contributed by atoms with Crippen molar-refractivity contribution in [1.82, 2.24) is 0 Å². The van der Waals surface area contributed by atoms with Crippen LogP contribution in [0.25, 0.3) is 0 Å². The number of nitrogens with zero attached hydrogens (tertiary/aromatic N) is 1. The zero-order valence-electron chi connectivity index (χ0n) is 18.1. The molecule has 3 rings (SSSR count). The third-order valence-electron chi connectivity index (χ3n) is 5.33. The van der Waals surface area contributed by atoms with Crippen molar-refractivity contribution in [3.63, 3.8) is 0 Å². The largest absolute Gasteiger partial charge is 0.504 e. The molecular formula is C25H27NO5. The number of phenols is 1. The van der Waals surface area contributed by atoms with Crippen LogP contribution in [0.3, 0.4) is 0 Å². The molecule has 6 nitrogen and oxygen atoms in total. The van der Waals surface area contributed by atoms with Gasteiger partial charge in [0.2, 0.25) is 0 Å². The van der Waals surface area contributed by atoms with E-state index in [-0.39, 0.29) is 5.75 Å². The number of aliphatic hydroxyl groups is 1. The molecule has 0 saturated heterocycles. The molecule has 0 aliphatic rings. The molecule has 0 aromatic heterocycles. The van der Waals surface area contributed by atoms with E-state index in [0.29, 0.717) is 33.9 Å². The summed E-state index contributed by atoms with van der Waals surface area (Å²) in [6.07, 6.45) is 1.53. The summed E-state index contributed by atoms with van der Waals surface area (Å²) in [7, 11) is 4.61. The predicted octanol–water partition coefficient (Wildman–Crippen LogP) is 4.16. The molecule has 3 aromatic rings. The quantitative estimate of drug-likeness (QED) is 0.534. The molecular weight excluding hydrogens is 394 g/mol. The van der Waals surface area contributed by atoms with Crippen molar-refractivity contribution in [2.75, 3.05) is 21.3 Å². The molecule has 162 valence electrons. The minimum Gasteiger partial charge on any atom is -0.504 e. The fraction of sp³-hybridized carbons (Fsp3) is 0.240. The minimum atomic E-state index is -1.57. The highest BCUT2D eigenvalue weighted by Gasteiger charge is 2.42. The summed E-state index contributed by atoms with van der Waals surface area (Å²) in [5, 5.41) is 22.5. The van der Waals surface area contributed by atoms with Crippen LogP contribution in [-0.2, 0) is 5.60 Å². The molecule has 3 aromatic carbocycles. The number of aliphatic imine (C=N–C) groups is 1. The van der Waals surface area contributed by atoms with Crippen LogP contribution in [0.4, 0.5) is 0 Å². The van der Waals surface area contributed by atoms with Crippen molar-refractivity contribution in [1.29, 1.82) is 0 Å². The number of hydrogen-bond donors (Lipinski definition) is 2. The van der Waals surface area contributed by atoms with Gasteiger partial charge in [-0.1, -0.05) is 42.5 Å². The maximum absolute atomic E-state index is 12.1. The summed E-state index contributed by atoms with van der Waals surface area (Å²) in [6, 6.07) is 19.0. The highest BCUT2D eigenvalue weighted by molar-refractivity contribution is 5.85. The molecule has 2 N–H and O–H groups in total. The number of ether oxygens (including phenoxy) is 3. The summed E-state index contributed by atoms with van der Waals surface area (Å²) >= 11 is 0. The Bertz CT molecular complexity index is 1020. The molecule has 1 atom stereocenters. The van der Waals surface area contributed by atoms with E-state index in [2.05, 4.69) is 4.99 Å². The van der Waals surface area contributed by atoms with Gasteiger partial charge in [-0.25, -0.2) is 0 Å². The second-order valence-electron chi connectivity index (χ2n) is 7.02. The van der Waals surface area contributed by atoms with Crippen molar-refractivity contribution in [3.8, 4) is 23.0 Å². The number of hydrogen-bond acceptors (Lipinski definition) is 6. The average Bonchev–Trinajstić information content (AvgIpc) is 2.82. The lowest BCUT2D eigenvalue weighted by molar-refractivity contribution is 0.0538. The molecule has 0 spiro atoms. The fourth-order valence-corrected chi connectivity index (χ4v) is 3.62. The van der Waals surface area contributed by atoms with Gasteiger partial charge < -0.3 is 24.4 Å². The Balaban J connectivity index is 2.15. The van der Waals surface area contributed by atoms with E-state index in [0.717, 1.165) is 0 Å². The first-order valence-electron chi connectivity index (χ1n) is 9.85. The van der Waals surface area contributed by atoms with Crippen molar-refractivity contribution >= 4 is 6.21 Å². The predicted molar refractivity (Wildman–Crippen MR) is 121 cm³/mol. The van der Waals surface area contributed by atoms with Crippen LogP contribution in [0.2, 0.25) is 0 Å². The Morgan fingerprint density at radius 1 is 0.774 bits per heavy atom. The van der Waals surface area contributed by atoms with Gasteiger partial charge in [0.1, 0.15) is 17.1 Å². The van der Waals surface area contributed by atoms with Crippen LogP contribution >= 0.6 is 0 Å². The van der Waals surface area contributed by atoms with Gasteiger partial charge in [-0.15, -0.1) is 0 Å². The average molecular weight is 421 g/mol. The maximum Gasteiger partial charge on any atom is 0.166 e. The molecule has 0 bridgehead atoms. The van der Waals surface area contributed by atoms with Crippen LogP contribution < -0.4 is 14.2 Å². The summed E-state index contributed by atoms with van der Waals surface area (Å²) in [4.78, 5) is 4.60. The Morgan fingerprint density at radius 2 is 1.26 bits per heavy atom. The molecule has 0 aliphatic carbocycles. The molecule has 0 heterocycles. The number of phenolic OH excluding ortho intramolecular Hbond substituents is 1. The molecule has 31 heavy (non-hydrogen) atoms. The zero-order valence-corrected chi connectivity index (χ0v) is 18.1. The van der Waals surface area contributed by atoms with Gasteiger partial charge in [0, 0.05) is 22.9 Å². The minimum absolute atomic E-state index is 0.0147. The first kappa shape index (κ1) is 22.2. The molecule has 0 fully saturated rings. The molecule has 0 unspecified atom stereocenters. The van der Waals surface area contributed by atoms with Crippen molar-refractivity contribution in [2.24, 2.45) is 4.99 Å². The van der Waals surface area contributed by atoms with Crippen molar-refractivity contribution in [3.05, 3.63) is 83.4 Å². The topological polar surface area (TPSA) is 80.5 Å². The first-order valence-corrected chi connectivity index (χ1v) is 9.85. The SMILES string of the molecule is COc1ccccc1C(O)(c1ccccc1OC)[C@@H](C)N=Cc1cccc(OC)c1O. The van der Waals surface area contributed by atoms with E-state index in [1.165, 1.54) is 13.3 Å².